The number of nitrogens with zero attached hydrogens (tertiary/aromatic N) is 2. The second-order valence-electron chi connectivity index (χ2n) is 11.1. The van der Waals surface area contributed by atoms with Crippen LogP contribution >= 0.6 is 0 Å². The van der Waals surface area contributed by atoms with Gasteiger partial charge < -0.3 is 15.1 Å². The van der Waals surface area contributed by atoms with Crippen LogP contribution in [0.4, 0.5) is 0 Å². The van der Waals surface area contributed by atoms with Crippen molar-refractivity contribution < 1.29 is 9.59 Å². The molecule has 2 saturated heterocycles. The highest BCUT2D eigenvalue weighted by atomic mass is 16.2. The van der Waals surface area contributed by atoms with E-state index in [0.29, 0.717) is 11.8 Å². The molecule has 2 heterocycles. The van der Waals surface area contributed by atoms with Gasteiger partial charge in [-0.2, -0.15) is 0 Å². The quantitative estimate of drug-likeness (QED) is 0.505. The molecule has 182 valence electrons. The lowest BCUT2D eigenvalue weighted by Gasteiger charge is -2.52. The number of benzene rings is 1. The van der Waals surface area contributed by atoms with Crippen molar-refractivity contribution in [2.75, 3.05) is 26.2 Å². The van der Waals surface area contributed by atoms with E-state index in [2.05, 4.69) is 54.4 Å². The summed E-state index contributed by atoms with van der Waals surface area (Å²) in [5, 5.41) is 3.13. The van der Waals surface area contributed by atoms with Gasteiger partial charge in [-0.3, -0.25) is 9.59 Å². The van der Waals surface area contributed by atoms with E-state index in [-0.39, 0.29) is 17.9 Å². The van der Waals surface area contributed by atoms with Crippen LogP contribution in [-0.2, 0) is 16.0 Å². The number of piperazine rings is 1. The van der Waals surface area contributed by atoms with Gasteiger partial charge in [-0.25, -0.2) is 0 Å². The van der Waals surface area contributed by atoms with Gasteiger partial charge >= 0.3 is 0 Å². The molecule has 1 aliphatic carbocycles. The Labute approximate surface area is 200 Å². The average molecular weight is 454 g/mol. The number of hydrogen-bond acceptors (Lipinski definition) is 3. The summed E-state index contributed by atoms with van der Waals surface area (Å²) in [6.45, 7) is 7.96. The molecule has 1 spiro atoms. The molecule has 1 aromatic carbocycles. The summed E-state index contributed by atoms with van der Waals surface area (Å²) in [7, 11) is 0. The van der Waals surface area contributed by atoms with Crippen LogP contribution in [0.3, 0.4) is 0 Å². The van der Waals surface area contributed by atoms with Gasteiger partial charge in [-0.15, -0.1) is 0 Å². The molecule has 5 heteroatoms. The first-order valence-corrected chi connectivity index (χ1v) is 13.4. The first-order valence-electron chi connectivity index (χ1n) is 13.4. The van der Waals surface area contributed by atoms with Crippen molar-refractivity contribution in [1.29, 1.82) is 0 Å². The van der Waals surface area contributed by atoms with Crippen LogP contribution < -0.4 is 5.32 Å². The second-order valence-corrected chi connectivity index (χ2v) is 11.1. The summed E-state index contributed by atoms with van der Waals surface area (Å²) in [6.07, 6.45) is 10.9. The standard InChI is InChI=1S/C28H43N3O2/c1-22(2)20-25-26(32)31(21-24-13-14-24)28(27(33)29-25)15-18-30(19-16-28)17-9-4-3-6-10-23-11-7-5-8-12-23/h5,7-8,11-12,22,24-25H,3-4,6,9-10,13-21H2,1-2H3,(H,29,33)/t25-/m0/s1. The molecule has 3 aliphatic rings. The third-order valence-corrected chi connectivity index (χ3v) is 7.87. The molecule has 0 aromatic heterocycles. The van der Waals surface area contributed by atoms with Crippen LogP contribution in [0.2, 0.25) is 0 Å². The summed E-state index contributed by atoms with van der Waals surface area (Å²) in [6, 6.07) is 10.4. The Morgan fingerprint density at radius 1 is 1.00 bits per heavy atom. The van der Waals surface area contributed by atoms with Crippen LogP contribution in [-0.4, -0.2) is 59.4 Å². The third-order valence-electron chi connectivity index (χ3n) is 7.87. The van der Waals surface area contributed by atoms with Gasteiger partial charge in [0.05, 0.1) is 0 Å². The smallest absolute Gasteiger partial charge is 0.246 e. The van der Waals surface area contributed by atoms with E-state index in [9.17, 15) is 9.59 Å². The Kier molecular flexibility index (Phi) is 8.11. The van der Waals surface area contributed by atoms with Crippen LogP contribution in [0.15, 0.2) is 30.3 Å². The molecule has 1 N–H and O–H groups in total. The molecule has 5 nitrogen and oxygen atoms in total. The number of likely N-dealkylation sites (tertiary alicyclic amines) is 1. The molecule has 0 unspecified atom stereocenters. The molecule has 0 radical (unpaired) electrons. The fourth-order valence-corrected chi connectivity index (χ4v) is 5.64. The van der Waals surface area contributed by atoms with Crippen LogP contribution in [0.25, 0.3) is 0 Å². The Balaban J connectivity index is 1.24. The van der Waals surface area contributed by atoms with Crippen molar-refractivity contribution in [3.8, 4) is 0 Å². The normalized spacial score (nSPS) is 23.4. The van der Waals surface area contributed by atoms with Gasteiger partial charge in [0, 0.05) is 19.6 Å². The number of rotatable bonds is 11. The minimum atomic E-state index is -0.612. The lowest BCUT2D eigenvalue weighted by atomic mass is 9.80. The van der Waals surface area contributed by atoms with Gasteiger partial charge in [0.2, 0.25) is 11.8 Å². The zero-order valence-corrected chi connectivity index (χ0v) is 20.7. The van der Waals surface area contributed by atoms with E-state index in [1.807, 2.05) is 4.90 Å². The number of hydrogen-bond donors (Lipinski definition) is 1. The van der Waals surface area contributed by atoms with Crippen LogP contribution in [0, 0.1) is 11.8 Å². The summed E-state index contributed by atoms with van der Waals surface area (Å²) in [5.74, 6) is 1.27. The van der Waals surface area contributed by atoms with Crippen molar-refractivity contribution in [1.82, 2.24) is 15.1 Å². The second kappa shape index (κ2) is 11.0. The molecule has 1 atom stereocenters. The summed E-state index contributed by atoms with van der Waals surface area (Å²) >= 11 is 0. The number of carbonyl (C=O) groups excluding carboxylic acids is 2. The first-order chi connectivity index (χ1) is 16.0. The van der Waals surface area contributed by atoms with Gasteiger partial charge in [0.25, 0.3) is 0 Å². The van der Waals surface area contributed by atoms with Gasteiger partial charge in [0.15, 0.2) is 0 Å². The fourth-order valence-electron chi connectivity index (χ4n) is 5.64. The number of carbonyl (C=O) groups is 2. The van der Waals surface area contributed by atoms with Crippen LogP contribution in [0.1, 0.15) is 77.2 Å². The van der Waals surface area contributed by atoms with E-state index in [4.69, 9.17) is 0 Å². The van der Waals surface area contributed by atoms with Gasteiger partial charge in [-0.05, 0) is 75.3 Å². The van der Waals surface area contributed by atoms with Crippen molar-refractivity contribution in [3.63, 3.8) is 0 Å². The van der Waals surface area contributed by atoms with Crippen molar-refractivity contribution in [2.45, 2.75) is 89.6 Å². The SMILES string of the molecule is CC(C)C[C@@H]1NC(=O)C2(CCN(CCCCCCc3ccccc3)CC2)N(CC2CC2)C1=O. The molecule has 33 heavy (non-hydrogen) atoms. The minimum Gasteiger partial charge on any atom is -0.342 e. The Morgan fingerprint density at radius 2 is 1.70 bits per heavy atom. The lowest BCUT2D eigenvalue weighted by Crippen LogP contribution is -2.73. The predicted octanol–water partition coefficient (Wildman–Crippen LogP) is 4.41. The molecule has 3 fully saturated rings. The largest absolute Gasteiger partial charge is 0.342 e. The number of aryl methyl sites for hydroxylation is 1. The molecule has 1 aromatic rings. The highest BCUT2D eigenvalue weighted by Crippen LogP contribution is 2.38. The molecule has 2 aliphatic heterocycles. The van der Waals surface area contributed by atoms with Gasteiger partial charge in [0.1, 0.15) is 11.6 Å². The highest BCUT2D eigenvalue weighted by Gasteiger charge is 2.54. The number of amides is 2. The zero-order chi connectivity index (χ0) is 23.3. The molecular formula is C28H43N3O2. The number of nitrogens with one attached hydrogen (secondary N) is 1. The number of unbranched alkanes of at least 4 members (excludes halogenated alkanes) is 3. The average Bonchev–Trinajstić information content (AvgIpc) is 3.63. The maximum atomic E-state index is 13.4. The molecular weight excluding hydrogens is 410 g/mol. The van der Waals surface area contributed by atoms with E-state index in [1.165, 1.54) is 50.5 Å². The lowest BCUT2D eigenvalue weighted by molar-refractivity contribution is -0.162. The topological polar surface area (TPSA) is 52.7 Å². The zero-order valence-electron chi connectivity index (χ0n) is 20.7. The van der Waals surface area contributed by atoms with E-state index in [1.54, 1.807) is 0 Å². The number of piperidine rings is 1. The monoisotopic (exact) mass is 453 g/mol. The molecule has 1 saturated carbocycles. The van der Waals surface area contributed by atoms with Gasteiger partial charge in [-0.1, -0.05) is 57.0 Å². The Morgan fingerprint density at radius 3 is 2.36 bits per heavy atom. The fraction of sp³-hybridized carbons (Fsp3) is 0.714. The highest BCUT2D eigenvalue weighted by molar-refractivity contribution is 6.00. The first kappa shape index (κ1) is 24.3. The van der Waals surface area contributed by atoms with Crippen molar-refractivity contribution in [3.05, 3.63) is 35.9 Å². The minimum absolute atomic E-state index is 0.106. The molecule has 0 bridgehead atoms. The van der Waals surface area contributed by atoms with Crippen molar-refractivity contribution in [2.24, 2.45) is 11.8 Å². The summed E-state index contributed by atoms with van der Waals surface area (Å²) in [4.78, 5) is 31.3. The Bertz CT molecular complexity index is 782. The van der Waals surface area contributed by atoms with Crippen LogP contribution in [0.5, 0.6) is 0 Å². The maximum Gasteiger partial charge on any atom is 0.246 e. The molecule has 2 amide bonds. The van der Waals surface area contributed by atoms with E-state index in [0.717, 1.165) is 45.4 Å². The summed E-state index contributed by atoms with van der Waals surface area (Å²) < 4.78 is 0. The maximum absolute atomic E-state index is 13.4. The van der Waals surface area contributed by atoms with E-state index < -0.39 is 5.54 Å². The Hall–Kier alpha value is -1.88. The predicted molar refractivity (Wildman–Crippen MR) is 133 cm³/mol. The van der Waals surface area contributed by atoms with Crippen molar-refractivity contribution >= 4 is 11.8 Å². The van der Waals surface area contributed by atoms with E-state index >= 15 is 0 Å². The summed E-state index contributed by atoms with van der Waals surface area (Å²) in [5.41, 5.74) is 0.824. The molecule has 4 rings (SSSR count). The third kappa shape index (κ3) is 6.17.